The lowest BCUT2D eigenvalue weighted by Gasteiger charge is -2.26. The van der Waals surface area contributed by atoms with Crippen molar-refractivity contribution in [3.63, 3.8) is 0 Å². The van der Waals surface area contributed by atoms with Crippen molar-refractivity contribution in [3.8, 4) is 17.1 Å². The number of carbonyl (C=O) groups excluding carboxylic acids is 1. The SMILES string of the molecule is CC(C)NC(=O)Cn1c(-c2cccc(Cl)c2)cn2nc(OCCCN3CCCCC3)cc2c1=O.Cl. The standard InChI is InChI=1S/C25H32ClN5O3.ClH/c1-18(2)27-23(32)17-30-22(19-8-6-9-20(26)14-19)16-31-21(25(30)33)15-24(28-31)34-13-7-12-29-10-4-3-5-11-29;/h6,8-9,14-16,18H,3-5,7,10-13,17H2,1-2H3,(H,27,32);1H. The molecular weight excluding hydrogens is 489 g/mol. The Morgan fingerprint density at radius 2 is 1.97 bits per heavy atom. The molecular formula is C25H33Cl2N5O3. The van der Waals surface area contributed by atoms with E-state index < -0.39 is 0 Å². The summed E-state index contributed by atoms with van der Waals surface area (Å²) in [5.74, 6) is 0.163. The lowest BCUT2D eigenvalue weighted by molar-refractivity contribution is -0.122. The Morgan fingerprint density at radius 1 is 1.20 bits per heavy atom. The first-order valence-electron chi connectivity index (χ1n) is 11.9. The summed E-state index contributed by atoms with van der Waals surface area (Å²) in [5, 5.41) is 7.86. The van der Waals surface area contributed by atoms with E-state index in [0.29, 0.717) is 28.7 Å². The first-order chi connectivity index (χ1) is 16.4. The zero-order chi connectivity index (χ0) is 24.1. The van der Waals surface area contributed by atoms with Crippen LogP contribution in [0.5, 0.6) is 5.88 Å². The van der Waals surface area contributed by atoms with Crippen LogP contribution in [0.25, 0.3) is 16.8 Å². The molecule has 0 radical (unpaired) electrons. The zero-order valence-corrected chi connectivity index (χ0v) is 21.8. The Kier molecular flexibility index (Phi) is 9.60. The first kappa shape index (κ1) is 27.0. The molecule has 1 saturated heterocycles. The highest BCUT2D eigenvalue weighted by molar-refractivity contribution is 6.30. The number of carbonyl (C=O) groups is 1. The van der Waals surface area contributed by atoms with Gasteiger partial charge >= 0.3 is 0 Å². The molecule has 8 nitrogen and oxygen atoms in total. The number of ether oxygens (including phenoxy) is 1. The fourth-order valence-electron chi connectivity index (χ4n) is 4.33. The third-order valence-electron chi connectivity index (χ3n) is 5.90. The van der Waals surface area contributed by atoms with E-state index in [9.17, 15) is 9.59 Å². The minimum Gasteiger partial charge on any atom is -0.477 e. The van der Waals surface area contributed by atoms with Crippen LogP contribution in [0.1, 0.15) is 39.5 Å². The van der Waals surface area contributed by atoms with E-state index in [4.69, 9.17) is 16.3 Å². The summed E-state index contributed by atoms with van der Waals surface area (Å²) in [7, 11) is 0. The molecule has 0 aliphatic carbocycles. The van der Waals surface area contributed by atoms with Gasteiger partial charge in [0.1, 0.15) is 12.1 Å². The highest BCUT2D eigenvalue weighted by atomic mass is 35.5. The lowest BCUT2D eigenvalue weighted by Crippen LogP contribution is -2.37. The normalized spacial score (nSPS) is 14.2. The number of halogens is 2. The molecule has 1 N–H and O–H groups in total. The van der Waals surface area contributed by atoms with Gasteiger partial charge in [-0.25, -0.2) is 4.52 Å². The van der Waals surface area contributed by atoms with Gasteiger partial charge in [0.25, 0.3) is 5.56 Å². The van der Waals surface area contributed by atoms with Crippen LogP contribution in [-0.2, 0) is 11.3 Å². The zero-order valence-electron chi connectivity index (χ0n) is 20.2. The fraction of sp³-hybridized carbons (Fsp3) is 0.480. The molecule has 0 spiro atoms. The summed E-state index contributed by atoms with van der Waals surface area (Å²) in [6, 6.07) is 8.81. The fourth-order valence-corrected chi connectivity index (χ4v) is 4.52. The highest BCUT2D eigenvalue weighted by Crippen LogP contribution is 2.23. The Balaban J connectivity index is 0.00000342. The molecule has 0 atom stereocenters. The Hall–Kier alpha value is -2.55. The number of hydrogen-bond acceptors (Lipinski definition) is 5. The van der Waals surface area contributed by atoms with Gasteiger partial charge in [-0.15, -0.1) is 17.5 Å². The smallest absolute Gasteiger partial charge is 0.277 e. The van der Waals surface area contributed by atoms with Gasteiger partial charge in [0.15, 0.2) is 0 Å². The van der Waals surface area contributed by atoms with E-state index in [-0.39, 0.29) is 36.5 Å². The molecule has 0 unspecified atom stereocenters. The van der Waals surface area contributed by atoms with Gasteiger partial charge in [-0.1, -0.05) is 30.2 Å². The van der Waals surface area contributed by atoms with E-state index in [1.54, 1.807) is 24.4 Å². The van der Waals surface area contributed by atoms with Gasteiger partial charge in [0, 0.05) is 29.2 Å². The van der Waals surface area contributed by atoms with Crippen LogP contribution in [0, 0.1) is 0 Å². The van der Waals surface area contributed by atoms with Gasteiger partial charge in [0.2, 0.25) is 11.8 Å². The van der Waals surface area contributed by atoms with E-state index in [1.165, 1.54) is 28.3 Å². The average molecular weight is 522 g/mol. The number of benzene rings is 1. The van der Waals surface area contributed by atoms with Crippen LogP contribution in [0.15, 0.2) is 41.3 Å². The first-order valence-corrected chi connectivity index (χ1v) is 12.3. The molecule has 1 aliphatic heterocycles. The van der Waals surface area contributed by atoms with Crippen molar-refractivity contribution >= 4 is 35.4 Å². The van der Waals surface area contributed by atoms with Gasteiger partial charge in [-0.2, -0.15) is 0 Å². The van der Waals surface area contributed by atoms with Crippen LogP contribution < -0.4 is 15.6 Å². The van der Waals surface area contributed by atoms with Crippen LogP contribution >= 0.6 is 24.0 Å². The summed E-state index contributed by atoms with van der Waals surface area (Å²) in [5.41, 5.74) is 1.32. The number of piperidine rings is 1. The monoisotopic (exact) mass is 521 g/mol. The topological polar surface area (TPSA) is 80.9 Å². The molecule has 4 rings (SSSR count). The number of hydrogen-bond donors (Lipinski definition) is 1. The number of nitrogens with zero attached hydrogens (tertiary/aromatic N) is 4. The molecule has 0 bridgehead atoms. The summed E-state index contributed by atoms with van der Waals surface area (Å²) in [6.07, 6.45) is 6.50. The lowest BCUT2D eigenvalue weighted by atomic mass is 10.1. The second-order valence-corrected chi connectivity index (χ2v) is 9.49. The minimum absolute atomic E-state index is 0. The second kappa shape index (κ2) is 12.4. The van der Waals surface area contributed by atoms with E-state index in [2.05, 4.69) is 15.3 Å². The van der Waals surface area contributed by atoms with Crippen molar-refractivity contribution in [2.45, 2.75) is 52.1 Å². The molecule has 1 aliphatic rings. The molecule has 10 heteroatoms. The number of amides is 1. The van der Waals surface area contributed by atoms with Crippen molar-refractivity contribution in [1.29, 1.82) is 0 Å². The predicted octanol–water partition coefficient (Wildman–Crippen LogP) is 4.02. The molecule has 3 aromatic rings. The molecule has 190 valence electrons. The Bertz CT molecular complexity index is 1200. The molecule has 1 aromatic carbocycles. The van der Waals surface area contributed by atoms with Crippen LogP contribution in [-0.4, -0.2) is 57.3 Å². The van der Waals surface area contributed by atoms with Crippen molar-refractivity contribution in [2.75, 3.05) is 26.2 Å². The molecule has 2 aromatic heterocycles. The molecule has 35 heavy (non-hydrogen) atoms. The maximum absolute atomic E-state index is 13.4. The molecule has 1 amide bonds. The average Bonchev–Trinajstić information content (AvgIpc) is 3.22. The Labute approximate surface area is 216 Å². The quantitative estimate of drug-likeness (QED) is 0.430. The van der Waals surface area contributed by atoms with Gasteiger partial charge in [0.05, 0.1) is 18.5 Å². The number of aromatic nitrogens is 3. The number of fused-ring (bicyclic) bond motifs is 1. The summed E-state index contributed by atoms with van der Waals surface area (Å²) < 4.78 is 8.85. The molecule has 0 saturated carbocycles. The summed E-state index contributed by atoms with van der Waals surface area (Å²) in [6.45, 7) is 7.51. The van der Waals surface area contributed by atoms with Crippen molar-refractivity contribution in [3.05, 3.63) is 51.9 Å². The molecule has 3 heterocycles. The van der Waals surface area contributed by atoms with E-state index in [1.807, 2.05) is 26.0 Å². The maximum atomic E-state index is 13.4. The largest absolute Gasteiger partial charge is 0.477 e. The van der Waals surface area contributed by atoms with Crippen molar-refractivity contribution in [2.24, 2.45) is 0 Å². The summed E-state index contributed by atoms with van der Waals surface area (Å²) >= 11 is 6.20. The third-order valence-corrected chi connectivity index (χ3v) is 6.14. The van der Waals surface area contributed by atoms with Crippen LogP contribution in [0.4, 0.5) is 0 Å². The predicted molar refractivity (Wildman–Crippen MR) is 141 cm³/mol. The third kappa shape index (κ3) is 6.99. The van der Waals surface area contributed by atoms with Crippen LogP contribution in [0.2, 0.25) is 5.02 Å². The van der Waals surface area contributed by atoms with Crippen LogP contribution in [0.3, 0.4) is 0 Å². The van der Waals surface area contributed by atoms with Crippen molar-refractivity contribution in [1.82, 2.24) is 24.4 Å². The number of nitrogens with one attached hydrogen (secondary N) is 1. The number of rotatable bonds is 9. The highest BCUT2D eigenvalue weighted by Gasteiger charge is 2.17. The molecule has 1 fully saturated rings. The van der Waals surface area contributed by atoms with Gasteiger partial charge in [-0.3, -0.25) is 14.2 Å². The number of likely N-dealkylation sites (tertiary alicyclic amines) is 1. The van der Waals surface area contributed by atoms with E-state index >= 15 is 0 Å². The van der Waals surface area contributed by atoms with Crippen molar-refractivity contribution < 1.29 is 9.53 Å². The Morgan fingerprint density at radius 3 is 2.69 bits per heavy atom. The minimum atomic E-state index is -0.313. The van der Waals surface area contributed by atoms with Gasteiger partial charge in [-0.05, 0) is 58.3 Å². The maximum Gasteiger partial charge on any atom is 0.277 e. The van der Waals surface area contributed by atoms with E-state index in [0.717, 1.165) is 31.6 Å². The van der Waals surface area contributed by atoms with Gasteiger partial charge < -0.3 is 15.0 Å². The summed E-state index contributed by atoms with van der Waals surface area (Å²) in [4.78, 5) is 28.4. The second-order valence-electron chi connectivity index (χ2n) is 9.05.